The zero-order valence-electron chi connectivity index (χ0n) is 18.8. The van der Waals surface area contributed by atoms with E-state index >= 15 is 0 Å². The van der Waals surface area contributed by atoms with E-state index in [4.69, 9.17) is 25.8 Å². The fraction of sp³-hybridized carbons (Fsp3) is 0.259. The fourth-order valence-corrected chi connectivity index (χ4v) is 4.24. The second kappa shape index (κ2) is 10.8. The third-order valence-corrected chi connectivity index (χ3v) is 6.22. The van der Waals surface area contributed by atoms with Gasteiger partial charge in [0, 0.05) is 18.0 Å². The van der Waals surface area contributed by atoms with Crippen molar-refractivity contribution in [2.45, 2.75) is 24.7 Å². The Labute approximate surface area is 203 Å². The molecule has 0 bridgehead atoms. The van der Waals surface area contributed by atoms with Gasteiger partial charge < -0.3 is 19.5 Å². The van der Waals surface area contributed by atoms with Gasteiger partial charge in [-0.3, -0.25) is 0 Å². The third kappa shape index (κ3) is 5.30. The highest BCUT2D eigenvalue weighted by Crippen LogP contribution is 2.38. The topological polar surface area (TPSA) is 73.9 Å². The van der Waals surface area contributed by atoms with Crippen molar-refractivity contribution in [3.05, 3.63) is 106 Å². The molecule has 3 aromatic carbocycles. The summed E-state index contributed by atoms with van der Waals surface area (Å²) >= 11 is 6.14. The van der Waals surface area contributed by atoms with Crippen LogP contribution >= 0.6 is 11.6 Å². The molecule has 2 atom stereocenters. The van der Waals surface area contributed by atoms with Gasteiger partial charge >= 0.3 is 11.9 Å². The lowest BCUT2D eigenvalue weighted by atomic mass is 9.82. The molecular formula is C27H26ClNO5. The molecule has 4 rings (SSSR count). The highest BCUT2D eigenvalue weighted by Gasteiger charge is 2.47. The van der Waals surface area contributed by atoms with E-state index in [1.807, 2.05) is 30.3 Å². The lowest BCUT2D eigenvalue weighted by Crippen LogP contribution is -2.55. The predicted octanol–water partition coefficient (Wildman–Crippen LogP) is 4.76. The molecule has 176 valence electrons. The van der Waals surface area contributed by atoms with Crippen LogP contribution in [0.2, 0.25) is 5.02 Å². The molecule has 1 N–H and O–H groups in total. The third-order valence-electron chi connectivity index (χ3n) is 5.97. The Morgan fingerprint density at radius 2 is 1.62 bits per heavy atom. The van der Waals surface area contributed by atoms with Crippen LogP contribution in [-0.4, -0.2) is 38.2 Å². The summed E-state index contributed by atoms with van der Waals surface area (Å²) in [6.45, 7) is 1.45. The molecule has 1 saturated heterocycles. The minimum atomic E-state index is -0.991. The van der Waals surface area contributed by atoms with Crippen molar-refractivity contribution < 1.29 is 23.8 Å². The average Bonchev–Trinajstić information content (AvgIpc) is 2.89. The lowest BCUT2D eigenvalue weighted by Gasteiger charge is -2.43. The molecule has 0 aliphatic carbocycles. The first-order valence-electron chi connectivity index (χ1n) is 11.1. The van der Waals surface area contributed by atoms with Gasteiger partial charge in [0.2, 0.25) is 0 Å². The first-order chi connectivity index (χ1) is 16.5. The zero-order chi connectivity index (χ0) is 24.0. The van der Waals surface area contributed by atoms with Crippen LogP contribution in [0.3, 0.4) is 0 Å². The number of methoxy groups -OCH3 is 1. The maximum atomic E-state index is 13.1. The van der Waals surface area contributed by atoms with Gasteiger partial charge in [-0.2, -0.15) is 0 Å². The van der Waals surface area contributed by atoms with Crippen molar-refractivity contribution >= 4 is 23.5 Å². The van der Waals surface area contributed by atoms with Crippen LogP contribution in [0.1, 0.15) is 38.3 Å². The summed E-state index contributed by atoms with van der Waals surface area (Å²) in [7, 11) is 1.35. The maximum Gasteiger partial charge on any atom is 0.339 e. The molecule has 1 aliphatic heterocycles. The van der Waals surface area contributed by atoms with Gasteiger partial charge in [-0.15, -0.1) is 0 Å². The van der Waals surface area contributed by atoms with E-state index in [9.17, 15) is 9.59 Å². The quantitative estimate of drug-likeness (QED) is 0.493. The van der Waals surface area contributed by atoms with Crippen LogP contribution < -0.4 is 5.32 Å². The van der Waals surface area contributed by atoms with E-state index in [1.54, 1.807) is 48.5 Å². The van der Waals surface area contributed by atoms with Crippen molar-refractivity contribution in [1.82, 2.24) is 5.32 Å². The van der Waals surface area contributed by atoms with Gasteiger partial charge in [0.25, 0.3) is 0 Å². The highest BCUT2D eigenvalue weighted by atomic mass is 35.5. The van der Waals surface area contributed by atoms with Gasteiger partial charge in [0.1, 0.15) is 6.10 Å². The Kier molecular flexibility index (Phi) is 7.63. The summed E-state index contributed by atoms with van der Waals surface area (Å²) in [5.74, 6) is -0.799. The second-order valence-electron chi connectivity index (χ2n) is 8.09. The zero-order valence-corrected chi connectivity index (χ0v) is 19.6. The monoisotopic (exact) mass is 479 g/mol. The molecule has 3 aromatic rings. The van der Waals surface area contributed by atoms with Crippen molar-refractivity contribution in [3.8, 4) is 0 Å². The number of benzene rings is 3. The SMILES string of the molecule is COC(=O)c1ccc(COC2CNCCC2(OC(=O)c2ccccc2)c2ccc(Cl)cc2)cc1. The highest BCUT2D eigenvalue weighted by molar-refractivity contribution is 6.30. The van der Waals surface area contributed by atoms with Crippen LogP contribution in [0.25, 0.3) is 0 Å². The Hall–Kier alpha value is -3.19. The Morgan fingerprint density at radius 3 is 2.29 bits per heavy atom. The Morgan fingerprint density at radius 1 is 0.941 bits per heavy atom. The average molecular weight is 480 g/mol. The molecule has 7 heteroatoms. The van der Waals surface area contributed by atoms with Gasteiger partial charge in [0.05, 0.1) is 24.8 Å². The van der Waals surface area contributed by atoms with Gasteiger partial charge in [-0.1, -0.05) is 54.1 Å². The number of carbonyl (C=O) groups excluding carboxylic acids is 2. The minimum absolute atomic E-state index is 0.284. The summed E-state index contributed by atoms with van der Waals surface area (Å²) in [5.41, 5.74) is 1.67. The molecule has 2 unspecified atom stereocenters. The molecule has 1 fully saturated rings. The van der Waals surface area contributed by atoms with Crippen LogP contribution in [0, 0.1) is 0 Å². The van der Waals surface area contributed by atoms with Gasteiger partial charge in [-0.25, -0.2) is 9.59 Å². The normalized spacial score (nSPS) is 19.9. The lowest BCUT2D eigenvalue weighted by molar-refractivity contribution is -0.140. The molecule has 1 aliphatic rings. The minimum Gasteiger partial charge on any atom is -0.465 e. The number of hydrogen-bond donors (Lipinski definition) is 1. The molecule has 0 radical (unpaired) electrons. The van der Waals surface area contributed by atoms with Crippen molar-refractivity contribution in [2.75, 3.05) is 20.2 Å². The summed E-state index contributed by atoms with van der Waals surface area (Å²) in [6.07, 6.45) is 0.0921. The molecule has 1 heterocycles. The first kappa shape index (κ1) is 24.0. The van der Waals surface area contributed by atoms with Crippen LogP contribution in [0.4, 0.5) is 0 Å². The van der Waals surface area contributed by atoms with E-state index in [1.165, 1.54) is 7.11 Å². The van der Waals surface area contributed by atoms with Crippen molar-refractivity contribution in [3.63, 3.8) is 0 Å². The molecule has 34 heavy (non-hydrogen) atoms. The molecule has 0 spiro atoms. The number of piperidine rings is 1. The van der Waals surface area contributed by atoms with Gasteiger partial charge in [-0.05, 0) is 54.1 Å². The van der Waals surface area contributed by atoms with E-state index in [2.05, 4.69) is 5.32 Å². The predicted molar refractivity (Wildman–Crippen MR) is 129 cm³/mol. The van der Waals surface area contributed by atoms with E-state index < -0.39 is 23.6 Å². The molecule has 0 aromatic heterocycles. The molecule has 0 saturated carbocycles. The smallest absolute Gasteiger partial charge is 0.339 e. The summed E-state index contributed by atoms with van der Waals surface area (Å²) in [4.78, 5) is 24.8. The first-order valence-corrected chi connectivity index (χ1v) is 11.4. The standard InChI is InChI=1S/C27H26ClNO5/c1-32-25(30)21-9-7-19(8-10-21)18-33-24-17-29-16-15-27(24,22-11-13-23(28)14-12-22)34-26(31)20-5-3-2-4-6-20/h2-14,24,29H,15-18H2,1H3. The number of esters is 2. The number of halogens is 1. The molecule has 6 nitrogen and oxygen atoms in total. The van der Waals surface area contributed by atoms with Crippen LogP contribution in [-0.2, 0) is 26.4 Å². The fourth-order valence-electron chi connectivity index (χ4n) is 4.11. The number of hydrogen-bond acceptors (Lipinski definition) is 6. The number of carbonyl (C=O) groups is 2. The van der Waals surface area contributed by atoms with Crippen LogP contribution in [0.5, 0.6) is 0 Å². The van der Waals surface area contributed by atoms with E-state index in [0.29, 0.717) is 35.7 Å². The van der Waals surface area contributed by atoms with Crippen molar-refractivity contribution in [2.24, 2.45) is 0 Å². The number of nitrogens with one attached hydrogen (secondary N) is 1. The molecular weight excluding hydrogens is 454 g/mol. The van der Waals surface area contributed by atoms with Gasteiger partial charge in [0.15, 0.2) is 5.60 Å². The van der Waals surface area contributed by atoms with E-state index in [-0.39, 0.29) is 6.61 Å². The largest absolute Gasteiger partial charge is 0.465 e. The van der Waals surface area contributed by atoms with Crippen molar-refractivity contribution in [1.29, 1.82) is 0 Å². The van der Waals surface area contributed by atoms with E-state index in [0.717, 1.165) is 11.1 Å². The Bertz CT molecular complexity index is 1120. The summed E-state index contributed by atoms with van der Waals surface area (Å²) in [6, 6.07) is 23.3. The number of rotatable bonds is 7. The Balaban J connectivity index is 1.60. The summed E-state index contributed by atoms with van der Waals surface area (Å²) < 4.78 is 17.3. The summed E-state index contributed by atoms with van der Waals surface area (Å²) in [5, 5.41) is 3.95. The number of ether oxygens (including phenoxy) is 3. The maximum absolute atomic E-state index is 13.1. The van der Waals surface area contributed by atoms with Crippen LogP contribution in [0.15, 0.2) is 78.9 Å². The molecule has 0 amide bonds. The second-order valence-corrected chi connectivity index (χ2v) is 8.53.